The molecular formula is C24H22N4O9. The molecule has 1 aliphatic heterocycles. The third kappa shape index (κ3) is 6.14. The average molecular weight is 510 g/mol. The fourth-order valence-corrected chi connectivity index (χ4v) is 3.37. The molecule has 0 aliphatic carbocycles. The number of nitro groups is 1. The lowest BCUT2D eigenvalue weighted by atomic mass is 10.2. The molecule has 0 spiro atoms. The Morgan fingerprint density at radius 1 is 1.16 bits per heavy atom. The number of nitrogens with one attached hydrogen (secondary N) is 2. The molecule has 13 heteroatoms. The molecule has 0 bridgehead atoms. The third-order valence-electron chi connectivity index (χ3n) is 4.96. The lowest BCUT2D eigenvalue weighted by Crippen LogP contribution is -2.21. The van der Waals surface area contributed by atoms with Crippen molar-refractivity contribution in [2.75, 3.05) is 31.7 Å². The SMILES string of the molecule is CCOc1cc(/C=C/c2nc(O)c([N+](=O)[O-])c(=O)[nH]2)ccc1OCC(=O)Nc1ccc2c(c1)OCCO2. The van der Waals surface area contributed by atoms with Crippen molar-refractivity contribution in [3.63, 3.8) is 0 Å². The van der Waals surface area contributed by atoms with E-state index < -0.39 is 28.0 Å². The molecular weight excluding hydrogens is 488 g/mol. The van der Waals surface area contributed by atoms with E-state index >= 15 is 0 Å². The number of hydrogen-bond acceptors (Lipinski definition) is 10. The van der Waals surface area contributed by atoms with E-state index in [2.05, 4.69) is 15.3 Å². The van der Waals surface area contributed by atoms with E-state index in [0.29, 0.717) is 54.1 Å². The van der Waals surface area contributed by atoms with Gasteiger partial charge in [0, 0.05) is 11.8 Å². The predicted molar refractivity (Wildman–Crippen MR) is 131 cm³/mol. The lowest BCUT2D eigenvalue weighted by Gasteiger charge is -2.19. The van der Waals surface area contributed by atoms with E-state index in [0.717, 1.165) is 0 Å². The molecule has 13 nitrogen and oxygen atoms in total. The summed E-state index contributed by atoms with van der Waals surface area (Å²) < 4.78 is 22.2. The molecule has 0 unspecified atom stereocenters. The summed E-state index contributed by atoms with van der Waals surface area (Å²) in [5.41, 5.74) is -0.968. The van der Waals surface area contributed by atoms with Gasteiger partial charge in [0.1, 0.15) is 19.0 Å². The molecule has 3 N–H and O–H groups in total. The van der Waals surface area contributed by atoms with Gasteiger partial charge in [-0.1, -0.05) is 12.1 Å². The van der Waals surface area contributed by atoms with E-state index in [-0.39, 0.29) is 12.4 Å². The maximum atomic E-state index is 12.4. The Morgan fingerprint density at radius 2 is 1.95 bits per heavy atom. The van der Waals surface area contributed by atoms with Crippen molar-refractivity contribution in [3.8, 4) is 28.9 Å². The Balaban J connectivity index is 1.42. The molecule has 4 rings (SSSR count). The second-order valence-corrected chi connectivity index (χ2v) is 7.55. The highest BCUT2D eigenvalue weighted by molar-refractivity contribution is 5.92. The van der Waals surface area contributed by atoms with E-state index in [9.17, 15) is 24.8 Å². The van der Waals surface area contributed by atoms with Crippen molar-refractivity contribution >= 4 is 29.4 Å². The number of rotatable bonds is 9. The third-order valence-corrected chi connectivity index (χ3v) is 4.96. The van der Waals surface area contributed by atoms with Crippen LogP contribution >= 0.6 is 0 Å². The topological polar surface area (TPSA) is 175 Å². The number of hydrogen-bond donors (Lipinski definition) is 3. The van der Waals surface area contributed by atoms with Crippen molar-refractivity contribution in [3.05, 3.63) is 68.3 Å². The standard InChI is InChI=1S/C24H22N4O9/c1-2-34-18-11-14(4-8-20-26-23(30)22(28(32)33)24(31)27-20)3-6-17(18)37-13-21(29)25-15-5-7-16-19(12-15)36-10-9-35-16/h3-8,11-12H,2,9-10,13H2,1H3,(H,25,29)(H2,26,27,30,31)/b8-4+. The average Bonchev–Trinajstić information content (AvgIpc) is 2.86. The van der Waals surface area contributed by atoms with Gasteiger partial charge in [0.15, 0.2) is 29.6 Å². The molecule has 37 heavy (non-hydrogen) atoms. The number of aromatic hydroxyl groups is 1. The molecule has 0 saturated heterocycles. The minimum atomic E-state index is -1.08. The minimum Gasteiger partial charge on any atom is -0.490 e. The maximum absolute atomic E-state index is 12.4. The Kier molecular flexibility index (Phi) is 7.52. The molecule has 0 fully saturated rings. The molecule has 2 aromatic carbocycles. The number of carbonyl (C=O) groups excluding carboxylic acids is 1. The Labute approximate surface area is 209 Å². The second kappa shape index (κ2) is 11.1. The first kappa shape index (κ1) is 25.0. The zero-order valence-electron chi connectivity index (χ0n) is 19.6. The fourth-order valence-electron chi connectivity index (χ4n) is 3.37. The largest absolute Gasteiger partial charge is 0.490 e. The van der Waals surface area contributed by atoms with E-state index in [4.69, 9.17) is 18.9 Å². The van der Waals surface area contributed by atoms with Crippen LogP contribution in [0.3, 0.4) is 0 Å². The van der Waals surface area contributed by atoms with Gasteiger partial charge in [-0.25, -0.2) is 0 Å². The molecule has 0 radical (unpaired) electrons. The highest BCUT2D eigenvalue weighted by atomic mass is 16.6. The molecule has 192 valence electrons. The summed E-state index contributed by atoms with van der Waals surface area (Å²) in [6.07, 6.45) is 2.90. The summed E-state index contributed by atoms with van der Waals surface area (Å²) in [5.74, 6) is 0.402. The fraction of sp³-hybridized carbons (Fsp3) is 0.208. The zero-order valence-corrected chi connectivity index (χ0v) is 19.6. The summed E-state index contributed by atoms with van der Waals surface area (Å²) in [5, 5.41) is 23.2. The van der Waals surface area contributed by atoms with Gasteiger partial charge in [-0.15, -0.1) is 0 Å². The summed E-state index contributed by atoms with van der Waals surface area (Å²) in [6.45, 7) is 2.74. The van der Waals surface area contributed by atoms with Crippen LogP contribution < -0.4 is 29.8 Å². The molecule has 0 atom stereocenters. The second-order valence-electron chi connectivity index (χ2n) is 7.55. The van der Waals surface area contributed by atoms with Gasteiger partial charge in [-0.2, -0.15) is 4.98 Å². The molecule has 1 aromatic heterocycles. The van der Waals surface area contributed by atoms with Crippen LogP contribution in [0.15, 0.2) is 41.2 Å². The highest BCUT2D eigenvalue weighted by Crippen LogP contribution is 2.33. The number of ether oxygens (including phenoxy) is 4. The number of benzene rings is 2. The number of carbonyl (C=O) groups is 1. The quantitative estimate of drug-likeness (QED) is 0.287. The van der Waals surface area contributed by atoms with Crippen molar-refractivity contribution in [1.82, 2.24) is 9.97 Å². The van der Waals surface area contributed by atoms with Crippen LogP contribution in [0.25, 0.3) is 12.2 Å². The number of amides is 1. The Hall–Kier alpha value is -5.07. The van der Waals surface area contributed by atoms with Gasteiger partial charge in [-0.3, -0.25) is 19.7 Å². The van der Waals surface area contributed by atoms with Crippen molar-refractivity contribution < 1.29 is 33.8 Å². The highest BCUT2D eigenvalue weighted by Gasteiger charge is 2.21. The van der Waals surface area contributed by atoms with Gasteiger partial charge < -0.3 is 34.4 Å². The van der Waals surface area contributed by atoms with Gasteiger partial charge in [-0.05, 0) is 42.8 Å². The number of H-pyrrole nitrogens is 1. The van der Waals surface area contributed by atoms with Crippen molar-refractivity contribution in [1.29, 1.82) is 0 Å². The van der Waals surface area contributed by atoms with Crippen molar-refractivity contribution in [2.24, 2.45) is 0 Å². The first-order chi connectivity index (χ1) is 17.8. The predicted octanol–water partition coefficient (Wildman–Crippen LogP) is 2.74. The van der Waals surface area contributed by atoms with E-state index in [1.807, 2.05) is 0 Å². The van der Waals surface area contributed by atoms with Gasteiger partial charge in [0.05, 0.1) is 11.5 Å². The van der Waals surface area contributed by atoms with Crippen molar-refractivity contribution in [2.45, 2.75) is 6.92 Å². The molecule has 2 heterocycles. The first-order valence-corrected chi connectivity index (χ1v) is 11.1. The monoisotopic (exact) mass is 510 g/mol. The lowest BCUT2D eigenvalue weighted by molar-refractivity contribution is -0.387. The molecule has 1 aliphatic rings. The Bertz CT molecular complexity index is 1420. The molecule has 3 aromatic rings. The summed E-state index contributed by atoms with van der Waals surface area (Å²) in [7, 11) is 0. The zero-order chi connectivity index (χ0) is 26.4. The molecule has 1 amide bonds. The van der Waals surface area contributed by atoms with Crippen LogP contribution in [0, 0.1) is 10.1 Å². The van der Waals surface area contributed by atoms with Crippen LogP contribution in [0.2, 0.25) is 0 Å². The number of anilines is 1. The number of fused-ring (bicyclic) bond motifs is 1. The smallest absolute Gasteiger partial charge is 0.395 e. The van der Waals surface area contributed by atoms with Crippen LogP contribution in [-0.4, -0.2) is 52.3 Å². The summed E-state index contributed by atoms with van der Waals surface area (Å²) in [6, 6.07) is 9.99. The maximum Gasteiger partial charge on any atom is 0.395 e. The van der Waals surface area contributed by atoms with E-state index in [1.165, 1.54) is 6.08 Å². The number of aromatic amines is 1. The molecule has 0 saturated carbocycles. The summed E-state index contributed by atoms with van der Waals surface area (Å²) >= 11 is 0. The normalized spacial score (nSPS) is 12.2. The van der Waals surface area contributed by atoms with Gasteiger partial charge in [0.2, 0.25) is 0 Å². The van der Waals surface area contributed by atoms with Gasteiger partial charge >= 0.3 is 11.2 Å². The first-order valence-electron chi connectivity index (χ1n) is 11.1. The van der Waals surface area contributed by atoms with Crippen LogP contribution in [-0.2, 0) is 4.79 Å². The minimum absolute atomic E-state index is 0.0813. The Morgan fingerprint density at radius 3 is 2.68 bits per heavy atom. The number of aromatic nitrogens is 2. The van der Waals surface area contributed by atoms with Crippen LogP contribution in [0.4, 0.5) is 11.4 Å². The van der Waals surface area contributed by atoms with Crippen LogP contribution in [0.5, 0.6) is 28.9 Å². The van der Waals surface area contributed by atoms with E-state index in [1.54, 1.807) is 49.4 Å². The summed E-state index contributed by atoms with van der Waals surface area (Å²) in [4.78, 5) is 39.8. The van der Waals surface area contributed by atoms with Gasteiger partial charge in [0.25, 0.3) is 11.8 Å². The number of nitrogens with zero attached hydrogens (tertiary/aromatic N) is 2. The van der Waals surface area contributed by atoms with Crippen LogP contribution in [0.1, 0.15) is 18.3 Å².